The van der Waals surface area contributed by atoms with Crippen molar-refractivity contribution in [2.45, 2.75) is 38.5 Å². The van der Waals surface area contributed by atoms with Gasteiger partial charge in [0.25, 0.3) is 0 Å². The molecule has 1 amide bonds. The summed E-state index contributed by atoms with van der Waals surface area (Å²) in [6.45, 7) is 0. The Morgan fingerprint density at radius 2 is 1.77 bits per heavy atom. The van der Waals surface area contributed by atoms with Crippen LogP contribution in [0.2, 0.25) is 0 Å². The second-order valence-electron chi connectivity index (χ2n) is 7.05. The highest BCUT2D eigenvalue weighted by Crippen LogP contribution is 2.52. The first-order valence-electron chi connectivity index (χ1n) is 8.29. The van der Waals surface area contributed by atoms with Gasteiger partial charge in [-0.05, 0) is 73.6 Å². The van der Waals surface area contributed by atoms with Crippen molar-refractivity contribution in [3.05, 3.63) is 29.3 Å². The zero-order chi connectivity index (χ0) is 15.3. The van der Waals surface area contributed by atoms with Gasteiger partial charge in [-0.3, -0.25) is 9.59 Å². The number of benzene rings is 1. The number of anilines is 1. The van der Waals surface area contributed by atoms with Crippen LogP contribution in [0.15, 0.2) is 18.2 Å². The van der Waals surface area contributed by atoms with Crippen molar-refractivity contribution < 1.29 is 14.7 Å². The molecule has 0 heterocycles. The van der Waals surface area contributed by atoms with Crippen LogP contribution in [0, 0.1) is 23.7 Å². The second-order valence-corrected chi connectivity index (χ2v) is 7.05. The maximum atomic E-state index is 12.6. The molecule has 4 atom stereocenters. The Bertz CT molecular complexity index is 639. The molecular weight excluding hydrogens is 278 g/mol. The predicted octanol–water partition coefficient (Wildman–Crippen LogP) is 2.86. The molecule has 2 N–H and O–H groups in total. The summed E-state index contributed by atoms with van der Waals surface area (Å²) in [5, 5.41) is 12.4. The van der Waals surface area contributed by atoms with Crippen LogP contribution in [0.5, 0.6) is 0 Å². The van der Waals surface area contributed by atoms with Gasteiger partial charge in [0, 0.05) is 5.69 Å². The summed E-state index contributed by atoms with van der Waals surface area (Å²) >= 11 is 0. The monoisotopic (exact) mass is 299 g/mol. The minimum absolute atomic E-state index is 0.0995. The minimum Gasteiger partial charge on any atom is -0.481 e. The van der Waals surface area contributed by atoms with Crippen LogP contribution in [0.3, 0.4) is 0 Å². The lowest BCUT2D eigenvalue weighted by Gasteiger charge is -2.27. The van der Waals surface area contributed by atoms with E-state index in [0.717, 1.165) is 37.8 Å². The zero-order valence-electron chi connectivity index (χ0n) is 12.5. The number of aryl methyl sites for hydroxylation is 2. The van der Waals surface area contributed by atoms with Crippen molar-refractivity contribution in [1.82, 2.24) is 0 Å². The summed E-state index contributed by atoms with van der Waals surface area (Å²) in [6, 6.07) is 6.10. The molecule has 22 heavy (non-hydrogen) atoms. The third-order valence-corrected chi connectivity index (χ3v) is 5.87. The molecule has 4 nitrogen and oxygen atoms in total. The smallest absolute Gasteiger partial charge is 0.307 e. The summed E-state index contributed by atoms with van der Waals surface area (Å²) in [5.74, 6) is -1.31. The number of hydrogen-bond acceptors (Lipinski definition) is 2. The lowest BCUT2D eigenvalue weighted by Crippen LogP contribution is -2.37. The molecule has 3 aliphatic carbocycles. The molecular formula is C18H21NO3. The fourth-order valence-electron chi connectivity index (χ4n) is 4.90. The Hall–Kier alpha value is -1.84. The van der Waals surface area contributed by atoms with E-state index in [4.69, 9.17) is 0 Å². The molecule has 4 rings (SSSR count). The zero-order valence-corrected chi connectivity index (χ0v) is 12.5. The molecule has 0 saturated heterocycles. The van der Waals surface area contributed by atoms with E-state index in [1.54, 1.807) is 0 Å². The van der Waals surface area contributed by atoms with Gasteiger partial charge in [-0.15, -0.1) is 0 Å². The first kappa shape index (κ1) is 13.8. The lowest BCUT2D eigenvalue weighted by molar-refractivity contribution is -0.148. The van der Waals surface area contributed by atoms with Crippen LogP contribution >= 0.6 is 0 Å². The van der Waals surface area contributed by atoms with Crippen molar-refractivity contribution in [2.24, 2.45) is 23.7 Å². The quantitative estimate of drug-likeness (QED) is 0.902. The van der Waals surface area contributed by atoms with Crippen molar-refractivity contribution in [1.29, 1.82) is 0 Å². The van der Waals surface area contributed by atoms with Gasteiger partial charge in [0.15, 0.2) is 0 Å². The fraction of sp³-hybridized carbons (Fsp3) is 0.556. The van der Waals surface area contributed by atoms with Gasteiger partial charge in [0.05, 0.1) is 11.8 Å². The third kappa shape index (κ3) is 2.13. The van der Waals surface area contributed by atoms with Crippen LogP contribution in [0.25, 0.3) is 0 Å². The Balaban J connectivity index is 1.53. The molecule has 2 fully saturated rings. The van der Waals surface area contributed by atoms with Crippen LogP contribution in [0.4, 0.5) is 5.69 Å². The Morgan fingerprint density at radius 3 is 2.55 bits per heavy atom. The van der Waals surface area contributed by atoms with Crippen LogP contribution < -0.4 is 5.32 Å². The second kappa shape index (κ2) is 5.11. The number of carboxylic acid groups (broad SMARTS) is 1. The summed E-state index contributed by atoms with van der Waals surface area (Å²) < 4.78 is 0. The summed E-state index contributed by atoms with van der Waals surface area (Å²) in [6.07, 6.45) is 6.24. The molecule has 0 aliphatic heterocycles. The van der Waals surface area contributed by atoms with E-state index in [1.165, 1.54) is 17.5 Å². The molecule has 2 saturated carbocycles. The first-order valence-corrected chi connectivity index (χ1v) is 8.29. The number of amides is 1. The summed E-state index contributed by atoms with van der Waals surface area (Å²) in [4.78, 5) is 24.2. The normalized spacial score (nSPS) is 32.0. The van der Waals surface area contributed by atoms with E-state index >= 15 is 0 Å². The average molecular weight is 299 g/mol. The fourth-order valence-corrected chi connectivity index (χ4v) is 4.90. The van der Waals surface area contributed by atoms with Crippen LogP contribution in [-0.2, 0) is 22.4 Å². The molecule has 0 radical (unpaired) electrons. The Morgan fingerprint density at radius 1 is 1.05 bits per heavy atom. The third-order valence-electron chi connectivity index (χ3n) is 5.87. The number of carbonyl (C=O) groups excluding carboxylic acids is 1. The van der Waals surface area contributed by atoms with Crippen molar-refractivity contribution >= 4 is 17.6 Å². The SMILES string of the molecule is O=C(Nc1ccc2c(c1)CCC2)[C@@H]1[C@H]2CC[C@@H](C2)[C@@H]1C(=O)O. The van der Waals surface area contributed by atoms with Gasteiger partial charge < -0.3 is 10.4 Å². The van der Waals surface area contributed by atoms with Gasteiger partial charge in [-0.1, -0.05) is 6.07 Å². The molecule has 0 aromatic heterocycles. The summed E-state index contributed by atoms with van der Waals surface area (Å²) in [5.41, 5.74) is 3.51. The number of rotatable bonds is 3. The number of carboxylic acids is 1. The van der Waals surface area contributed by atoms with Crippen molar-refractivity contribution in [3.8, 4) is 0 Å². The van der Waals surface area contributed by atoms with Crippen molar-refractivity contribution in [3.63, 3.8) is 0 Å². The van der Waals surface area contributed by atoms with Crippen LogP contribution in [-0.4, -0.2) is 17.0 Å². The van der Waals surface area contributed by atoms with Crippen LogP contribution in [0.1, 0.15) is 36.8 Å². The molecule has 116 valence electrons. The minimum atomic E-state index is -0.804. The van der Waals surface area contributed by atoms with E-state index in [0.29, 0.717) is 0 Å². The number of fused-ring (bicyclic) bond motifs is 3. The number of aliphatic carboxylic acids is 1. The predicted molar refractivity (Wildman–Crippen MR) is 82.5 cm³/mol. The van der Waals surface area contributed by atoms with E-state index in [9.17, 15) is 14.7 Å². The largest absolute Gasteiger partial charge is 0.481 e. The average Bonchev–Trinajstić information content (AvgIpc) is 3.20. The highest BCUT2D eigenvalue weighted by molar-refractivity contribution is 5.96. The molecule has 3 aliphatic rings. The topological polar surface area (TPSA) is 66.4 Å². The lowest BCUT2D eigenvalue weighted by atomic mass is 9.78. The molecule has 2 bridgehead atoms. The highest BCUT2D eigenvalue weighted by atomic mass is 16.4. The van der Waals surface area contributed by atoms with Gasteiger partial charge >= 0.3 is 5.97 Å². The van der Waals surface area contributed by atoms with E-state index < -0.39 is 11.9 Å². The molecule has 4 heteroatoms. The molecule has 0 spiro atoms. The van der Waals surface area contributed by atoms with E-state index in [2.05, 4.69) is 17.4 Å². The van der Waals surface area contributed by atoms with Gasteiger partial charge in [-0.25, -0.2) is 0 Å². The maximum Gasteiger partial charge on any atom is 0.307 e. The number of hydrogen-bond donors (Lipinski definition) is 2. The number of carbonyl (C=O) groups is 2. The Labute approximate surface area is 129 Å². The van der Waals surface area contributed by atoms with Gasteiger partial charge in [0.1, 0.15) is 0 Å². The Kier molecular flexibility index (Phi) is 3.21. The van der Waals surface area contributed by atoms with Crippen molar-refractivity contribution in [2.75, 3.05) is 5.32 Å². The molecule has 1 aromatic carbocycles. The standard InChI is InChI=1S/C18H21NO3/c20-17(15-12-4-5-13(8-12)16(15)18(21)22)19-14-7-6-10-2-1-3-11(10)9-14/h6-7,9,12-13,15-16H,1-5,8H2,(H,19,20)(H,21,22)/t12-,13-,15+,16-/m0/s1. The molecule has 1 aromatic rings. The molecule has 0 unspecified atom stereocenters. The maximum absolute atomic E-state index is 12.6. The highest BCUT2D eigenvalue weighted by Gasteiger charge is 2.53. The van der Waals surface area contributed by atoms with E-state index in [-0.39, 0.29) is 23.7 Å². The first-order chi connectivity index (χ1) is 10.6. The summed E-state index contributed by atoms with van der Waals surface area (Å²) in [7, 11) is 0. The van der Waals surface area contributed by atoms with E-state index in [1.807, 2.05) is 6.07 Å². The van der Waals surface area contributed by atoms with Gasteiger partial charge in [0.2, 0.25) is 5.91 Å². The number of nitrogens with one attached hydrogen (secondary N) is 1. The van der Waals surface area contributed by atoms with Gasteiger partial charge in [-0.2, -0.15) is 0 Å².